The molecule has 0 aliphatic carbocycles. The van der Waals surface area contributed by atoms with Crippen LogP contribution in [0.3, 0.4) is 0 Å². The lowest BCUT2D eigenvalue weighted by molar-refractivity contribution is 0.318. The van der Waals surface area contributed by atoms with E-state index in [9.17, 15) is 0 Å². The van der Waals surface area contributed by atoms with Gasteiger partial charge in [0, 0.05) is 22.2 Å². The van der Waals surface area contributed by atoms with E-state index in [1.165, 1.54) is 11.1 Å². The molecular weight excluding hydrogens is 388 g/mol. The Bertz CT molecular complexity index is 894. The summed E-state index contributed by atoms with van der Waals surface area (Å²) >= 11 is 3.68. The molecule has 1 unspecified atom stereocenters. The van der Waals surface area contributed by atoms with Gasteiger partial charge in [0.15, 0.2) is 0 Å². The summed E-state index contributed by atoms with van der Waals surface area (Å²) in [6.07, 6.45) is 3.98. The van der Waals surface area contributed by atoms with E-state index in [2.05, 4.69) is 74.8 Å². The van der Waals surface area contributed by atoms with Gasteiger partial charge in [-0.1, -0.05) is 52.3 Å². The monoisotopic (exact) mass is 408 g/mol. The minimum absolute atomic E-state index is 0.331. The van der Waals surface area contributed by atoms with Gasteiger partial charge in [-0.2, -0.15) is 0 Å². The zero-order valence-corrected chi connectivity index (χ0v) is 16.3. The lowest BCUT2D eigenvalue weighted by Crippen LogP contribution is -2.04. The number of benzene rings is 2. The number of aromatic nitrogens is 1. The van der Waals surface area contributed by atoms with Crippen molar-refractivity contribution in [2.45, 2.75) is 25.7 Å². The summed E-state index contributed by atoms with van der Waals surface area (Å²) in [5.74, 6) is 2.08. The van der Waals surface area contributed by atoms with Crippen LogP contribution in [0.15, 0.2) is 65.3 Å². The van der Waals surface area contributed by atoms with Crippen LogP contribution in [0.2, 0.25) is 0 Å². The molecule has 132 valence electrons. The second-order valence-electron chi connectivity index (χ2n) is 6.67. The number of halogens is 1. The molecule has 0 fully saturated rings. The zero-order valence-electron chi connectivity index (χ0n) is 14.7. The van der Waals surface area contributed by atoms with Crippen molar-refractivity contribution in [1.82, 2.24) is 4.98 Å². The second-order valence-corrected chi connectivity index (χ2v) is 7.59. The summed E-state index contributed by atoms with van der Waals surface area (Å²) in [6, 6.07) is 19.0. The lowest BCUT2D eigenvalue weighted by atomic mass is 9.87. The molecule has 0 saturated heterocycles. The number of nitrogens with one attached hydrogen (secondary N) is 1. The Balaban J connectivity index is 1.77. The first kappa shape index (κ1) is 17.1. The fourth-order valence-corrected chi connectivity index (χ4v) is 3.93. The highest BCUT2D eigenvalue weighted by Crippen LogP contribution is 2.44. The molecule has 1 aliphatic heterocycles. The van der Waals surface area contributed by atoms with Gasteiger partial charge < -0.3 is 10.1 Å². The molecule has 3 nitrogen and oxygen atoms in total. The number of pyridine rings is 1. The fraction of sp³-hybridized carbons (Fsp3) is 0.227. The molecule has 4 rings (SSSR count). The Hall–Kier alpha value is -2.33. The van der Waals surface area contributed by atoms with Crippen LogP contribution < -0.4 is 10.1 Å². The highest BCUT2D eigenvalue weighted by atomic mass is 79.9. The third-order valence-corrected chi connectivity index (χ3v) is 5.18. The Morgan fingerprint density at radius 1 is 1.12 bits per heavy atom. The van der Waals surface area contributed by atoms with Gasteiger partial charge >= 0.3 is 0 Å². The fourth-order valence-electron chi connectivity index (χ4n) is 3.46. The number of aryl methyl sites for hydroxylation is 1. The average molecular weight is 409 g/mol. The van der Waals surface area contributed by atoms with E-state index in [1.54, 1.807) is 0 Å². The Kier molecular flexibility index (Phi) is 4.93. The molecule has 1 N–H and O–H groups in total. The predicted molar refractivity (Wildman–Crippen MR) is 109 cm³/mol. The number of ether oxygens (including phenoxy) is 1. The first-order chi connectivity index (χ1) is 12.7. The number of fused-ring (bicyclic) bond motifs is 1. The van der Waals surface area contributed by atoms with E-state index < -0.39 is 0 Å². The van der Waals surface area contributed by atoms with Crippen molar-refractivity contribution in [3.8, 4) is 5.75 Å². The van der Waals surface area contributed by atoms with E-state index >= 15 is 0 Å². The van der Waals surface area contributed by atoms with Gasteiger partial charge in [-0.3, -0.25) is 0 Å². The molecule has 1 aromatic heterocycles. The second kappa shape index (κ2) is 7.50. The highest BCUT2D eigenvalue weighted by Gasteiger charge is 2.24. The van der Waals surface area contributed by atoms with E-state index in [-0.39, 0.29) is 0 Å². The van der Waals surface area contributed by atoms with Gasteiger partial charge in [-0.15, -0.1) is 0 Å². The maximum Gasteiger partial charge on any atom is 0.146 e. The third-order valence-electron chi connectivity index (χ3n) is 4.72. The van der Waals surface area contributed by atoms with E-state index in [1.807, 2.05) is 19.2 Å². The van der Waals surface area contributed by atoms with Crippen molar-refractivity contribution < 1.29 is 4.74 Å². The first-order valence-electron chi connectivity index (χ1n) is 8.91. The van der Waals surface area contributed by atoms with Crippen LogP contribution in [0.5, 0.6) is 5.75 Å². The van der Waals surface area contributed by atoms with Gasteiger partial charge in [-0.05, 0) is 49.1 Å². The minimum atomic E-state index is 0.331. The summed E-state index contributed by atoms with van der Waals surface area (Å²) in [6.45, 7) is 2.77. The number of hydrogen-bond donors (Lipinski definition) is 1. The van der Waals surface area contributed by atoms with Crippen molar-refractivity contribution in [3.05, 3.63) is 82.0 Å². The van der Waals surface area contributed by atoms with Crippen LogP contribution in [0.25, 0.3) is 0 Å². The molecular formula is C22H21BrN2O. The van der Waals surface area contributed by atoms with Gasteiger partial charge in [0.2, 0.25) is 0 Å². The predicted octanol–water partition coefficient (Wildman–Crippen LogP) is 6.20. The maximum atomic E-state index is 6.17. The highest BCUT2D eigenvalue weighted by molar-refractivity contribution is 9.10. The Morgan fingerprint density at radius 2 is 1.96 bits per heavy atom. The first-order valence-corrected chi connectivity index (χ1v) is 9.71. The van der Waals surface area contributed by atoms with E-state index in [0.717, 1.165) is 46.7 Å². The minimum Gasteiger partial charge on any atom is -0.491 e. The Morgan fingerprint density at radius 3 is 2.73 bits per heavy atom. The lowest BCUT2D eigenvalue weighted by Gasteiger charge is -2.20. The standard InChI is InChI=1S/C22H21BrN2O/c1-15-9-10-21(24-14-15)25-20-13-17(23)12-19-18(8-5-11-26-22(19)20)16-6-3-2-4-7-16/h2-4,6-7,9-10,12-14,18H,5,8,11H2,1H3,(H,24,25). The molecule has 1 atom stereocenters. The van der Waals surface area contributed by atoms with Crippen molar-refractivity contribution in [2.75, 3.05) is 11.9 Å². The van der Waals surface area contributed by atoms with Crippen LogP contribution in [0, 0.1) is 6.92 Å². The molecule has 0 amide bonds. The molecule has 2 heterocycles. The summed E-state index contributed by atoms with van der Waals surface area (Å²) in [7, 11) is 0. The maximum absolute atomic E-state index is 6.17. The van der Waals surface area contributed by atoms with Gasteiger partial charge in [0.1, 0.15) is 11.6 Å². The quantitative estimate of drug-likeness (QED) is 0.559. The molecule has 0 spiro atoms. The number of anilines is 2. The topological polar surface area (TPSA) is 34.1 Å². The van der Waals surface area contributed by atoms with Crippen molar-refractivity contribution >= 4 is 27.4 Å². The van der Waals surface area contributed by atoms with Crippen molar-refractivity contribution in [1.29, 1.82) is 0 Å². The largest absolute Gasteiger partial charge is 0.491 e. The van der Waals surface area contributed by atoms with Gasteiger partial charge in [-0.25, -0.2) is 4.98 Å². The van der Waals surface area contributed by atoms with Crippen LogP contribution in [-0.4, -0.2) is 11.6 Å². The number of hydrogen-bond acceptors (Lipinski definition) is 3. The van der Waals surface area contributed by atoms with Crippen LogP contribution in [-0.2, 0) is 0 Å². The van der Waals surface area contributed by atoms with Gasteiger partial charge in [0.05, 0.1) is 12.3 Å². The summed E-state index contributed by atoms with van der Waals surface area (Å²) in [5, 5.41) is 3.43. The molecule has 26 heavy (non-hydrogen) atoms. The van der Waals surface area contributed by atoms with Crippen molar-refractivity contribution in [3.63, 3.8) is 0 Å². The zero-order chi connectivity index (χ0) is 17.9. The third kappa shape index (κ3) is 3.61. The molecule has 0 saturated carbocycles. The van der Waals surface area contributed by atoms with Crippen LogP contribution in [0.1, 0.15) is 35.4 Å². The van der Waals surface area contributed by atoms with Gasteiger partial charge in [0.25, 0.3) is 0 Å². The van der Waals surface area contributed by atoms with Crippen molar-refractivity contribution in [2.24, 2.45) is 0 Å². The normalized spacial score (nSPS) is 16.3. The molecule has 1 aliphatic rings. The molecule has 4 heteroatoms. The molecule has 0 radical (unpaired) electrons. The Labute approximate surface area is 162 Å². The van der Waals surface area contributed by atoms with Crippen LogP contribution >= 0.6 is 15.9 Å². The summed E-state index contributed by atoms with van der Waals surface area (Å²) < 4.78 is 7.21. The van der Waals surface area contributed by atoms with E-state index in [4.69, 9.17) is 4.74 Å². The number of nitrogens with zero attached hydrogens (tertiary/aromatic N) is 1. The van der Waals surface area contributed by atoms with Crippen LogP contribution in [0.4, 0.5) is 11.5 Å². The summed E-state index contributed by atoms with van der Waals surface area (Å²) in [5.41, 5.74) is 4.65. The average Bonchev–Trinajstić information content (AvgIpc) is 2.87. The SMILES string of the molecule is Cc1ccc(Nc2cc(Br)cc3c2OCCCC3c2ccccc2)nc1. The number of rotatable bonds is 3. The van der Waals surface area contributed by atoms with E-state index in [0.29, 0.717) is 5.92 Å². The molecule has 3 aromatic rings. The smallest absolute Gasteiger partial charge is 0.146 e. The molecule has 0 bridgehead atoms. The molecule has 2 aromatic carbocycles. The summed E-state index contributed by atoms with van der Waals surface area (Å²) in [4.78, 5) is 4.47.